The predicted octanol–water partition coefficient (Wildman–Crippen LogP) is 1.25. The summed E-state index contributed by atoms with van der Waals surface area (Å²) < 4.78 is 4.57. The summed E-state index contributed by atoms with van der Waals surface area (Å²) in [7, 11) is 0.844. The Morgan fingerprint density at radius 1 is 1.80 bits per heavy atom. The molecule has 0 radical (unpaired) electrons. The van der Waals surface area contributed by atoms with Gasteiger partial charge in [-0.25, -0.2) is 4.98 Å². The summed E-state index contributed by atoms with van der Waals surface area (Å²) in [5.41, 5.74) is 0. The van der Waals surface area contributed by atoms with Gasteiger partial charge in [0.25, 0.3) is 0 Å². The van der Waals surface area contributed by atoms with Crippen LogP contribution in [0.4, 0.5) is 0 Å². The SMILES string of the molecule is c1ncpo1. The van der Waals surface area contributed by atoms with Crippen LogP contribution in [0.25, 0.3) is 0 Å². The van der Waals surface area contributed by atoms with Crippen molar-refractivity contribution in [1.29, 1.82) is 0 Å². The maximum Gasteiger partial charge on any atom is 0.185 e. The molecule has 2 nitrogen and oxygen atoms in total. The number of nitrogens with zero attached hydrogens (tertiary/aromatic N) is 1. The summed E-state index contributed by atoms with van der Waals surface area (Å²) in [5, 5.41) is 0. The van der Waals surface area contributed by atoms with Crippen LogP contribution in [-0.2, 0) is 0 Å². The van der Waals surface area contributed by atoms with Crippen LogP contribution in [0.5, 0.6) is 0 Å². The standard InChI is InChI=1S/C2H2NOP/c1-3-2-5-4-1/h1-2H. The van der Waals surface area contributed by atoms with Gasteiger partial charge in [0.2, 0.25) is 0 Å². The highest BCUT2D eigenvalue weighted by molar-refractivity contribution is 7.21. The quantitative estimate of drug-likeness (QED) is 0.476. The molecule has 0 saturated heterocycles. The fourth-order valence-electron chi connectivity index (χ4n) is 0.136. The van der Waals surface area contributed by atoms with E-state index in [1.807, 2.05) is 0 Å². The van der Waals surface area contributed by atoms with E-state index >= 15 is 0 Å². The Labute approximate surface area is 31.0 Å². The normalized spacial score (nSPS) is 9.60. The van der Waals surface area contributed by atoms with Gasteiger partial charge >= 0.3 is 0 Å². The molecule has 0 aliphatic carbocycles. The molecule has 1 rings (SSSR count). The van der Waals surface area contributed by atoms with Crippen LogP contribution in [0.3, 0.4) is 0 Å². The smallest absolute Gasteiger partial charge is 0.185 e. The highest BCUT2D eigenvalue weighted by Crippen LogP contribution is 1.95. The van der Waals surface area contributed by atoms with E-state index in [1.165, 1.54) is 6.39 Å². The third kappa shape index (κ3) is 0.455. The lowest BCUT2D eigenvalue weighted by Gasteiger charge is -1.45. The molecule has 0 aromatic carbocycles. The lowest BCUT2D eigenvalue weighted by atomic mass is 11.4. The van der Waals surface area contributed by atoms with Gasteiger partial charge in [-0.1, -0.05) is 0 Å². The van der Waals surface area contributed by atoms with E-state index in [1.54, 1.807) is 5.93 Å². The molecular weight excluding hydrogens is 85.0 g/mol. The van der Waals surface area contributed by atoms with Crippen molar-refractivity contribution in [3.05, 3.63) is 12.3 Å². The van der Waals surface area contributed by atoms with Crippen molar-refractivity contribution < 1.29 is 4.20 Å². The zero-order valence-corrected chi connectivity index (χ0v) is 3.35. The molecule has 0 aliphatic heterocycles. The summed E-state index contributed by atoms with van der Waals surface area (Å²) >= 11 is 0. The van der Waals surface area contributed by atoms with Gasteiger partial charge in [-0.15, -0.1) is 0 Å². The van der Waals surface area contributed by atoms with Crippen LogP contribution in [0, 0.1) is 0 Å². The lowest BCUT2D eigenvalue weighted by molar-refractivity contribution is 0.675. The summed E-state index contributed by atoms with van der Waals surface area (Å²) in [6, 6.07) is 0. The minimum absolute atomic E-state index is 0.844. The molecule has 1 aromatic rings. The summed E-state index contributed by atoms with van der Waals surface area (Å²) in [4.78, 5) is 3.60. The zero-order valence-electron chi connectivity index (χ0n) is 2.46. The van der Waals surface area contributed by atoms with Crippen LogP contribution in [0.1, 0.15) is 0 Å². The van der Waals surface area contributed by atoms with Crippen molar-refractivity contribution in [2.75, 3.05) is 0 Å². The maximum absolute atomic E-state index is 4.57. The number of aromatic nitrogens is 1. The monoisotopic (exact) mass is 87.0 g/mol. The van der Waals surface area contributed by atoms with Crippen LogP contribution < -0.4 is 0 Å². The van der Waals surface area contributed by atoms with E-state index in [4.69, 9.17) is 0 Å². The second kappa shape index (κ2) is 1.18. The van der Waals surface area contributed by atoms with Crippen LogP contribution in [0.2, 0.25) is 0 Å². The minimum Gasteiger partial charge on any atom is -0.426 e. The van der Waals surface area contributed by atoms with Gasteiger partial charge in [-0.05, 0) is 0 Å². The van der Waals surface area contributed by atoms with Gasteiger partial charge in [0.05, 0.1) is 5.93 Å². The summed E-state index contributed by atoms with van der Waals surface area (Å²) in [6.07, 6.45) is 1.42. The first-order valence-electron chi connectivity index (χ1n) is 1.19. The van der Waals surface area contributed by atoms with E-state index in [-0.39, 0.29) is 0 Å². The Morgan fingerprint density at radius 2 is 2.80 bits per heavy atom. The van der Waals surface area contributed by atoms with Crippen molar-refractivity contribution in [2.24, 2.45) is 0 Å². The molecule has 0 aliphatic rings. The average Bonchev–Trinajstić information content (AvgIpc) is 1.76. The maximum atomic E-state index is 4.57. The molecule has 0 atom stereocenters. The van der Waals surface area contributed by atoms with Crippen LogP contribution in [0.15, 0.2) is 16.5 Å². The average molecular weight is 87.0 g/mol. The van der Waals surface area contributed by atoms with E-state index in [0.29, 0.717) is 0 Å². The molecule has 0 amide bonds. The van der Waals surface area contributed by atoms with Crippen LogP contribution in [-0.4, -0.2) is 4.98 Å². The Bertz CT molecular complexity index is 66.1. The Morgan fingerprint density at radius 3 is 3.00 bits per heavy atom. The molecule has 0 bridgehead atoms. The number of hydrogen-bond acceptors (Lipinski definition) is 2. The predicted molar refractivity (Wildman–Crippen MR) is 19.0 cm³/mol. The molecule has 5 heavy (non-hydrogen) atoms. The fourth-order valence-corrected chi connectivity index (χ4v) is 0.408. The second-order valence-corrected chi connectivity index (χ2v) is 1.23. The first-order valence-corrected chi connectivity index (χ1v) is 2.07. The molecular formula is C2H2NOP. The van der Waals surface area contributed by atoms with Crippen molar-refractivity contribution in [1.82, 2.24) is 4.98 Å². The first-order chi connectivity index (χ1) is 2.50. The van der Waals surface area contributed by atoms with Crippen LogP contribution >= 0.6 is 8.43 Å². The molecule has 0 spiro atoms. The summed E-state index contributed by atoms with van der Waals surface area (Å²) in [5.74, 6) is 1.68. The zero-order chi connectivity index (χ0) is 3.54. The third-order valence-corrected chi connectivity index (χ3v) is 0.726. The molecule has 1 heterocycles. The second-order valence-electron chi connectivity index (χ2n) is 0.581. The van der Waals surface area contributed by atoms with E-state index < -0.39 is 0 Å². The molecule has 0 unspecified atom stereocenters. The highest BCUT2D eigenvalue weighted by atomic mass is 31.1. The Hall–Kier alpha value is -0.360. The Balaban J connectivity index is 3.13. The minimum atomic E-state index is 0.844. The van der Waals surface area contributed by atoms with Gasteiger partial charge in [0.1, 0.15) is 8.43 Å². The van der Waals surface area contributed by atoms with Gasteiger partial charge in [-0.3, -0.25) is 0 Å². The fraction of sp³-hybridized carbons (Fsp3) is 0. The van der Waals surface area contributed by atoms with E-state index in [0.717, 1.165) is 8.43 Å². The number of rotatable bonds is 0. The van der Waals surface area contributed by atoms with Crippen molar-refractivity contribution in [2.45, 2.75) is 0 Å². The molecule has 0 saturated carbocycles. The molecule has 26 valence electrons. The van der Waals surface area contributed by atoms with Gasteiger partial charge in [0.15, 0.2) is 6.39 Å². The van der Waals surface area contributed by atoms with Crippen molar-refractivity contribution >= 4 is 8.43 Å². The molecule has 1 aromatic heterocycles. The first kappa shape index (κ1) is 2.86. The third-order valence-electron chi connectivity index (χ3n) is 0.283. The number of hydrogen-bond donors (Lipinski definition) is 0. The van der Waals surface area contributed by atoms with Crippen molar-refractivity contribution in [3.8, 4) is 0 Å². The van der Waals surface area contributed by atoms with Gasteiger partial charge in [0, 0.05) is 0 Å². The van der Waals surface area contributed by atoms with Crippen molar-refractivity contribution in [3.63, 3.8) is 0 Å². The van der Waals surface area contributed by atoms with E-state index in [2.05, 4.69) is 9.18 Å². The van der Waals surface area contributed by atoms with E-state index in [9.17, 15) is 0 Å². The van der Waals surface area contributed by atoms with Gasteiger partial charge < -0.3 is 4.20 Å². The molecule has 0 N–H and O–H groups in total. The lowest BCUT2D eigenvalue weighted by Crippen LogP contribution is -1.38. The highest BCUT2D eigenvalue weighted by Gasteiger charge is 1.61. The Kier molecular flexibility index (Phi) is 0.673. The topological polar surface area (TPSA) is 26.0 Å². The molecule has 3 heteroatoms. The summed E-state index contributed by atoms with van der Waals surface area (Å²) in [6.45, 7) is 0. The molecule has 0 fully saturated rings. The largest absolute Gasteiger partial charge is 0.426 e. The van der Waals surface area contributed by atoms with Gasteiger partial charge in [-0.2, -0.15) is 0 Å².